The van der Waals surface area contributed by atoms with Crippen molar-refractivity contribution in [3.63, 3.8) is 0 Å². The number of para-hydroxylation sites is 1. The fraction of sp³-hybridized carbons (Fsp3) is 0.500. The van der Waals surface area contributed by atoms with E-state index in [1.807, 2.05) is 38.1 Å². The van der Waals surface area contributed by atoms with Gasteiger partial charge in [0.1, 0.15) is 11.9 Å². The number of hydrogen-bond donors (Lipinski definition) is 4. The van der Waals surface area contributed by atoms with E-state index < -0.39 is 11.9 Å². The quantitative estimate of drug-likeness (QED) is 0.583. The second kappa shape index (κ2) is 8.86. The van der Waals surface area contributed by atoms with Gasteiger partial charge in [0, 0.05) is 11.4 Å². The van der Waals surface area contributed by atoms with Crippen LogP contribution in [0.5, 0.6) is 0 Å². The van der Waals surface area contributed by atoms with Gasteiger partial charge in [-0.15, -0.1) is 0 Å². The molecule has 2 aromatic rings. The summed E-state index contributed by atoms with van der Waals surface area (Å²) in [6, 6.07) is 7.02. The fourth-order valence-electron chi connectivity index (χ4n) is 3.49. The lowest BCUT2D eigenvalue weighted by atomic mass is 10.0. The van der Waals surface area contributed by atoms with Crippen molar-refractivity contribution in [2.45, 2.75) is 58.2 Å². The molecule has 1 fully saturated rings. The van der Waals surface area contributed by atoms with Crippen molar-refractivity contribution in [3.8, 4) is 0 Å². The van der Waals surface area contributed by atoms with Gasteiger partial charge in [0.15, 0.2) is 5.82 Å². The van der Waals surface area contributed by atoms with E-state index in [-0.39, 0.29) is 24.5 Å². The summed E-state index contributed by atoms with van der Waals surface area (Å²) in [6.07, 6.45) is 4.37. The summed E-state index contributed by atoms with van der Waals surface area (Å²) in [4.78, 5) is 33.0. The van der Waals surface area contributed by atoms with Crippen molar-refractivity contribution >= 4 is 28.7 Å². The van der Waals surface area contributed by atoms with Crippen molar-refractivity contribution in [2.75, 3.05) is 5.32 Å². The summed E-state index contributed by atoms with van der Waals surface area (Å²) in [5.41, 5.74) is 6.27. The molecule has 150 valence electrons. The Balaban J connectivity index is 1.77. The molecular formula is C20H28N6O2. The molecule has 5 N–H and O–H groups in total. The van der Waals surface area contributed by atoms with Crippen LogP contribution in [0.25, 0.3) is 10.9 Å². The number of hydrogen-bond acceptors (Lipinski definition) is 5. The predicted molar refractivity (Wildman–Crippen MR) is 109 cm³/mol. The Bertz CT molecular complexity index is 848. The van der Waals surface area contributed by atoms with Gasteiger partial charge < -0.3 is 21.7 Å². The SMILES string of the molecule is CC(C)[C@H](Nc1nc(CNC(=O)NC2CCCC2)nc2ccccc12)C(N)=O. The summed E-state index contributed by atoms with van der Waals surface area (Å²) in [6.45, 7) is 4.03. The number of carbonyl (C=O) groups is 2. The van der Waals surface area contributed by atoms with E-state index in [1.165, 1.54) is 0 Å². The molecule has 1 saturated carbocycles. The molecule has 0 aliphatic heterocycles. The van der Waals surface area contributed by atoms with Crippen molar-refractivity contribution in [2.24, 2.45) is 11.7 Å². The summed E-state index contributed by atoms with van der Waals surface area (Å²) in [5, 5.41) is 9.76. The number of nitrogens with zero attached hydrogens (tertiary/aromatic N) is 2. The minimum Gasteiger partial charge on any atom is -0.368 e. The van der Waals surface area contributed by atoms with Crippen LogP contribution in [0.2, 0.25) is 0 Å². The third kappa shape index (κ3) is 4.88. The minimum atomic E-state index is -0.551. The summed E-state index contributed by atoms with van der Waals surface area (Å²) in [5.74, 6) is 0.573. The maximum absolute atomic E-state index is 12.1. The van der Waals surface area contributed by atoms with Gasteiger partial charge in [-0.3, -0.25) is 4.79 Å². The highest BCUT2D eigenvalue weighted by Gasteiger charge is 2.21. The molecule has 28 heavy (non-hydrogen) atoms. The Kier molecular flexibility index (Phi) is 6.28. The highest BCUT2D eigenvalue weighted by atomic mass is 16.2. The van der Waals surface area contributed by atoms with Crippen molar-refractivity contribution in [3.05, 3.63) is 30.1 Å². The highest BCUT2D eigenvalue weighted by molar-refractivity contribution is 5.92. The van der Waals surface area contributed by atoms with Crippen LogP contribution in [0.15, 0.2) is 24.3 Å². The molecule has 0 unspecified atom stereocenters. The number of urea groups is 1. The third-order valence-electron chi connectivity index (χ3n) is 5.01. The molecule has 8 nitrogen and oxygen atoms in total. The first-order valence-electron chi connectivity index (χ1n) is 9.80. The predicted octanol–water partition coefficient (Wildman–Crippen LogP) is 2.29. The number of amides is 3. The number of primary amides is 1. The first kappa shape index (κ1) is 19.9. The van der Waals surface area contributed by atoms with Crippen LogP contribution in [0.3, 0.4) is 0 Å². The first-order chi connectivity index (χ1) is 13.4. The Morgan fingerprint density at radius 2 is 1.89 bits per heavy atom. The molecule has 1 aliphatic carbocycles. The zero-order valence-electron chi connectivity index (χ0n) is 16.4. The van der Waals surface area contributed by atoms with Crippen molar-refractivity contribution in [1.82, 2.24) is 20.6 Å². The van der Waals surface area contributed by atoms with E-state index in [2.05, 4.69) is 25.9 Å². The van der Waals surface area contributed by atoms with Crippen LogP contribution in [-0.4, -0.2) is 34.0 Å². The lowest BCUT2D eigenvalue weighted by molar-refractivity contribution is -0.119. The lowest BCUT2D eigenvalue weighted by Gasteiger charge is -2.21. The fourth-order valence-corrected chi connectivity index (χ4v) is 3.49. The Hall–Kier alpha value is -2.90. The molecule has 0 radical (unpaired) electrons. The van der Waals surface area contributed by atoms with E-state index in [1.54, 1.807) is 0 Å². The van der Waals surface area contributed by atoms with Gasteiger partial charge in [-0.25, -0.2) is 14.8 Å². The Morgan fingerprint density at radius 3 is 2.57 bits per heavy atom. The van der Waals surface area contributed by atoms with Crippen molar-refractivity contribution in [1.29, 1.82) is 0 Å². The largest absolute Gasteiger partial charge is 0.368 e. The second-order valence-electron chi connectivity index (χ2n) is 7.58. The van der Waals surface area contributed by atoms with Gasteiger partial charge in [-0.05, 0) is 30.9 Å². The van der Waals surface area contributed by atoms with Crippen LogP contribution < -0.4 is 21.7 Å². The number of aromatic nitrogens is 2. The average Bonchev–Trinajstić information content (AvgIpc) is 3.16. The van der Waals surface area contributed by atoms with E-state index >= 15 is 0 Å². The Morgan fingerprint density at radius 1 is 1.18 bits per heavy atom. The topological polar surface area (TPSA) is 122 Å². The van der Waals surface area contributed by atoms with Gasteiger partial charge in [-0.1, -0.05) is 38.8 Å². The molecule has 0 saturated heterocycles. The van der Waals surface area contributed by atoms with E-state index in [9.17, 15) is 9.59 Å². The van der Waals surface area contributed by atoms with Crippen LogP contribution in [0, 0.1) is 5.92 Å². The molecule has 0 bridgehead atoms. The van der Waals surface area contributed by atoms with Gasteiger partial charge in [0.2, 0.25) is 5.91 Å². The standard InChI is InChI=1S/C20H28N6O2/c1-12(2)17(18(21)27)26-19-14-9-5-6-10-15(14)24-16(25-19)11-22-20(28)23-13-7-3-4-8-13/h5-6,9-10,12-13,17H,3-4,7-8,11H2,1-2H3,(H2,21,27)(H2,22,23,28)(H,24,25,26)/t17-/m0/s1. The number of rotatable bonds is 7. The van der Waals surface area contributed by atoms with Gasteiger partial charge >= 0.3 is 6.03 Å². The van der Waals surface area contributed by atoms with Crippen molar-refractivity contribution < 1.29 is 9.59 Å². The first-order valence-corrected chi connectivity index (χ1v) is 9.80. The number of benzene rings is 1. The Labute approximate surface area is 164 Å². The maximum atomic E-state index is 12.1. The van der Waals surface area contributed by atoms with Gasteiger partial charge in [0.05, 0.1) is 12.1 Å². The van der Waals surface area contributed by atoms with Crippen LogP contribution in [0.1, 0.15) is 45.4 Å². The van der Waals surface area contributed by atoms with E-state index in [0.717, 1.165) is 36.6 Å². The number of nitrogens with two attached hydrogens (primary N) is 1. The van der Waals surface area contributed by atoms with Crippen LogP contribution >= 0.6 is 0 Å². The van der Waals surface area contributed by atoms with Crippen LogP contribution in [-0.2, 0) is 11.3 Å². The number of carbonyl (C=O) groups excluding carboxylic acids is 2. The molecule has 1 aliphatic rings. The molecule has 3 rings (SSSR count). The normalized spacial score (nSPS) is 15.5. The molecule has 3 amide bonds. The molecule has 1 aromatic carbocycles. The molecule has 0 spiro atoms. The number of fused-ring (bicyclic) bond motifs is 1. The zero-order valence-corrected chi connectivity index (χ0v) is 16.4. The summed E-state index contributed by atoms with van der Waals surface area (Å²) >= 11 is 0. The lowest BCUT2D eigenvalue weighted by Crippen LogP contribution is -2.41. The molecule has 1 atom stereocenters. The molecular weight excluding hydrogens is 356 g/mol. The smallest absolute Gasteiger partial charge is 0.315 e. The average molecular weight is 384 g/mol. The second-order valence-corrected chi connectivity index (χ2v) is 7.58. The van der Waals surface area contributed by atoms with E-state index in [4.69, 9.17) is 5.73 Å². The van der Waals surface area contributed by atoms with Gasteiger partial charge in [-0.2, -0.15) is 0 Å². The zero-order chi connectivity index (χ0) is 20.1. The summed E-state index contributed by atoms with van der Waals surface area (Å²) in [7, 11) is 0. The summed E-state index contributed by atoms with van der Waals surface area (Å²) < 4.78 is 0. The van der Waals surface area contributed by atoms with E-state index in [0.29, 0.717) is 11.6 Å². The molecule has 8 heteroatoms. The number of nitrogens with one attached hydrogen (secondary N) is 3. The molecule has 1 heterocycles. The molecule has 1 aromatic heterocycles. The third-order valence-corrected chi connectivity index (χ3v) is 5.01. The highest BCUT2D eigenvalue weighted by Crippen LogP contribution is 2.22. The minimum absolute atomic E-state index is 0.00462. The monoisotopic (exact) mass is 384 g/mol. The number of anilines is 1. The van der Waals surface area contributed by atoms with Crippen LogP contribution in [0.4, 0.5) is 10.6 Å². The maximum Gasteiger partial charge on any atom is 0.315 e. The van der Waals surface area contributed by atoms with Gasteiger partial charge in [0.25, 0.3) is 0 Å².